The Labute approximate surface area is 202 Å². The molecule has 2 aromatic rings. The first-order chi connectivity index (χ1) is 16.5. The summed E-state index contributed by atoms with van der Waals surface area (Å²) < 4.78 is 49.3. The fourth-order valence-corrected chi connectivity index (χ4v) is 5.72. The summed E-state index contributed by atoms with van der Waals surface area (Å²) >= 11 is 0. The van der Waals surface area contributed by atoms with Crippen LogP contribution in [-0.2, 0) is 6.42 Å². The number of ether oxygens (including phenoxy) is 1. The lowest BCUT2D eigenvalue weighted by atomic mass is 9.77. The first-order valence-corrected chi connectivity index (χ1v) is 13.1. The maximum Gasteiger partial charge on any atom is 0.166 e. The molecule has 0 aromatic heterocycles. The third-order valence-corrected chi connectivity index (χ3v) is 8.00. The molecule has 4 heteroatoms. The lowest BCUT2D eigenvalue weighted by Gasteiger charge is -2.29. The SMILES string of the molecule is CCOc1ccc(C2CCC(CCc3ccc(C4=CCC(CC)CC4)c(F)c3F)CC2)cc1F. The van der Waals surface area contributed by atoms with Gasteiger partial charge < -0.3 is 4.74 Å². The molecule has 0 spiro atoms. The monoisotopic (exact) mass is 470 g/mol. The molecule has 4 rings (SSSR count). The van der Waals surface area contributed by atoms with E-state index in [2.05, 4.69) is 13.0 Å². The molecule has 0 aliphatic heterocycles. The highest BCUT2D eigenvalue weighted by Crippen LogP contribution is 2.39. The van der Waals surface area contributed by atoms with Crippen molar-refractivity contribution in [2.75, 3.05) is 6.61 Å². The van der Waals surface area contributed by atoms with Crippen LogP contribution in [0, 0.1) is 29.3 Å². The molecular formula is C30H37F3O. The standard InChI is InChI=1S/C30H37F3O/c1-3-20-5-12-23(13-6-20)26-17-15-24(29(32)30(26)33)14-9-21-7-10-22(11-8-21)25-16-18-28(34-4-2)27(31)19-25/h12,15-22H,3-11,13-14H2,1-2H3. The van der Waals surface area contributed by atoms with Crippen molar-refractivity contribution in [1.82, 2.24) is 0 Å². The number of allylic oxidation sites excluding steroid dienone is 2. The Kier molecular flexibility index (Phi) is 8.39. The molecule has 2 aromatic carbocycles. The third kappa shape index (κ3) is 5.70. The Bertz CT molecular complexity index is 1000. The van der Waals surface area contributed by atoms with Gasteiger partial charge in [-0.15, -0.1) is 0 Å². The lowest BCUT2D eigenvalue weighted by Crippen LogP contribution is -2.15. The fourth-order valence-electron chi connectivity index (χ4n) is 5.72. The predicted octanol–water partition coefficient (Wildman–Crippen LogP) is 9.00. The number of hydrogen-bond acceptors (Lipinski definition) is 1. The van der Waals surface area contributed by atoms with E-state index in [4.69, 9.17) is 4.74 Å². The fraction of sp³-hybridized carbons (Fsp3) is 0.533. The van der Waals surface area contributed by atoms with Crippen LogP contribution in [0.1, 0.15) is 94.2 Å². The summed E-state index contributed by atoms with van der Waals surface area (Å²) in [4.78, 5) is 0. The molecule has 1 unspecified atom stereocenters. The van der Waals surface area contributed by atoms with Gasteiger partial charge in [0.05, 0.1) is 6.61 Å². The molecule has 2 aliphatic carbocycles. The van der Waals surface area contributed by atoms with E-state index in [1.54, 1.807) is 24.3 Å². The van der Waals surface area contributed by atoms with Crippen LogP contribution in [-0.4, -0.2) is 6.61 Å². The van der Waals surface area contributed by atoms with Crippen LogP contribution < -0.4 is 4.74 Å². The van der Waals surface area contributed by atoms with E-state index in [9.17, 15) is 13.2 Å². The normalized spacial score (nSPS) is 23.0. The molecule has 1 atom stereocenters. The molecule has 0 heterocycles. The van der Waals surface area contributed by atoms with E-state index in [1.165, 1.54) is 0 Å². The number of aryl methyl sites for hydroxylation is 1. The summed E-state index contributed by atoms with van der Waals surface area (Å²) in [7, 11) is 0. The molecular weight excluding hydrogens is 433 g/mol. The first kappa shape index (κ1) is 24.9. The van der Waals surface area contributed by atoms with Gasteiger partial charge in [0.2, 0.25) is 0 Å². The molecule has 184 valence electrons. The van der Waals surface area contributed by atoms with Crippen molar-refractivity contribution in [3.63, 3.8) is 0 Å². The van der Waals surface area contributed by atoms with Crippen LogP contribution in [0.3, 0.4) is 0 Å². The highest BCUT2D eigenvalue weighted by molar-refractivity contribution is 5.67. The predicted molar refractivity (Wildman–Crippen MR) is 133 cm³/mol. The van der Waals surface area contributed by atoms with Gasteiger partial charge in [0, 0.05) is 5.56 Å². The summed E-state index contributed by atoms with van der Waals surface area (Å²) in [5, 5.41) is 0. The summed E-state index contributed by atoms with van der Waals surface area (Å²) in [5.74, 6) is 0.180. The minimum atomic E-state index is -0.681. The van der Waals surface area contributed by atoms with E-state index in [0.717, 1.165) is 68.9 Å². The van der Waals surface area contributed by atoms with Gasteiger partial charge in [0.1, 0.15) is 0 Å². The van der Waals surface area contributed by atoms with Crippen molar-refractivity contribution in [3.05, 3.63) is 70.5 Å². The van der Waals surface area contributed by atoms with Gasteiger partial charge in [0.15, 0.2) is 23.2 Å². The molecule has 2 aliphatic rings. The quantitative estimate of drug-likeness (QED) is 0.374. The smallest absolute Gasteiger partial charge is 0.166 e. The van der Waals surface area contributed by atoms with E-state index in [-0.39, 0.29) is 5.82 Å². The van der Waals surface area contributed by atoms with E-state index < -0.39 is 11.6 Å². The molecule has 1 saturated carbocycles. The van der Waals surface area contributed by atoms with Gasteiger partial charge in [-0.1, -0.05) is 37.6 Å². The molecule has 0 N–H and O–H groups in total. The number of halogens is 3. The van der Waals surface area contributed by atoms with Gasteiger partial charge in [-0.25, -0.2) is 13.2 Å². The number of rotatable bonds is 8. The minimum absolute atomic E-state index is 0.295. The van der Waals surface area contributed by atoms with Gasteiger partial charge >= 0.3 is 0 Å². The highest BCUT2D eigenvalue weighted by Gasteiger charge is 2.24. The highest BCUT2D eigenvalue weighted by atomic mass is 19.2. The second-order valence-electron chi connectivity index (χ2n) is 10.1. The van der Waals surface area contributed by atoms with Gasteiger partial charge in [-0.2, -0.15) is 0 Å². The van der Waals surface area contributed by atoms with E-state index >= 15 is 0 Å². The second kappa shape index (κ2) is 11.5. The summed E-state index contributed by atoms with van der Waals surface area (Å²) in [5.41, 5.74) is 2.92. The van der Waals surface area contributed by atoms with Crippen LogP contribution in [0.5, 0.6) is 5.75 Å². The average Bonchev–Trinajstić information content (AvgIpc) is 2.87. The topological polar surface area (TPSA) is 9.23 Å². The van der Waals surface area contributed by atoms with Crippen molar-refractivity contribution in [2.24, 2.45) is 11.8 Å². The lowest BCUT2D eigenvalue weighted by molar-refractivity contribution is 0.306. The Morgan fingerprint density at radius 3 is 2.32 bits per heavy atom. The Morgan fingerprint density at radius 1 is 0.882 bits per heavy atom. The van der Waals surface area contributed by atoms with Crippen molar-refractivity contribution in [3.8, 4) is 5.75 Å². The van der Waals surface area contributed by atoms with E-state index in [0.29, 0.717) is 47.7 Å². The van der Waals surface area contributed by atoms with Crippen molar-refractivity contribution >= 4 is 5.57 Å². The summed E-state index contributed by atoms with van der Waals surface area (Å²) in [6.45, 7) is 4.48. The molecule has 1 nitrogen and oxygen atoms in total. The zero-order valence-electron chi connectivity index (χ0n) is 20.5. The van der Waals surface area contributed by atoms with E-state index in [1.807, 2.05) is 13.0 Å². The Hall–Kier alpha value is -2.23. The molecule has 0 saturated heterocycles. The molecule has 0 radical (unpaired) electrons. The van der Waals surface area contributed by atoms with Crippen LogP contribution in [0.4, 0.5) is 13.2 Å². The van der Waals surface area contributed by atoms with Crippen molar-refractivity contribution < 1.29 is 17.9 Å². The maximum atomic E-state index is 14.9. The molecule has 1 fully saturated rings. The van der Waals surface area contributed by atoms with Crippen LogP contribution in [0.25, 0.3) is 5.57 Å². The minimum Gasteiger partial charge on any atom is -0.491 e. The zero-order valence-corrected chi connectivity index (χ0v) is 20.5. The third-order valence-electron chi connectivity index (χ3n) is 8.00. The second-order valence-corrected chi connectivity index (χ2v) is 10.1. The van der Waals surface area contributed by atoms with Gasteiger partial charge in [-0.3, -0.25) is 0 Å². The Morgan fingerprint density at radius 2 is 1.68 bits per heavy atom. The molecule has 0 bridgehead atoms. The molecule has 34 heavy (non-hydrogen) atoms. The largest absolute Gasteiger partial charge is 0.491 e. The van der Waals surface area contributed by atoms with Gasteiger partial charge in [-0.05, 0) is 111 Å². The van der Waals surface area contributed by atoms with Crippen molar-refractivity contribution in [2.45, 2.75) is 84.0 Å². The van der Waals surface area contributed by atoms with Crippen LogP contribution >= 0.6 is 0 Å². The van der Waals surface area contributed by atoms with Gasteiger partial charge in [0.25, 0.3) is 0 Å². The Balaban J connectivity index is 1.31. The summed E-state index contributed by atoms with van der Waals surface area (Å²) in [6.07, 6.45) is 11.6. The van der Waals surface area contributed by atoms with Crippen LogP contribution in [0.2, 0.25) is 0 Å². The van der Waals surface area contributed by atoms with Crippen LogP contribution in [0.15, 0.2) is 36.4 Å². The first-order valence-electron chi connectivity index (χ1n) is 13.1. The average molecular weight is 471 g/mol. The number of hydrogen-bond donors (Lipinski definition) is 0. The van der Waals surface area contributed by atoms with Crippen molar-refractivity contribution in [1.29, 1.82) is 0 Å². The summed E-state index contributed by atoms with van der Waals surface area (Å²) in [6, 6.07) is 8.88. The zero-order chi connectivity index (χ0) is 24.1. The number of benzene rings is 2. The maximum absolute atomic E-state index is 14.9. The molecule has 0 amide bonds.